The van der Waals surface area contributed by atoms with Gasteiger partial charge in [0.2, 0.25) is 5.91 Å². The molecular weight excluding hydrogens is 378 g/mol. The molecule has 0 fully saturated rings. The van der Waals surface area contributed by atoms with Gasteiger partial charge in [0.25, 0.3) is 5.56 Å². The molecule has 3 rings (SSSR count). The smallest absolute Gasteiger partial charge is 0.271 e. The van der Waals surface area contributed by atoms with Crippen molar-refractivity contribution in [1.82, 2.24) is 14.9 Å². The van der Waals surface area contributed by atoms with E-state index < -0.39 is 0 Å². The lowest BCUT2D eigenvalue weighted by Crippen LogP contribution is -2.28. The van der Waals surface area contributed by atoms with Crippen LogP contribution in [-0.2, 0) is 11.8 Å². The fourth-order valence-electron chi connectivity index (χ4n) is 2.34. The van der Waals surface area contributed by atoms with Crippen molar-refractivity contribution >= 4 is 50.8 Å². The first kappa shape index (κ1) is 18.0. The van der Waals surface area contributed by atoms with Gasteiger partial charge >= 0.3 is 0 Å². The van der Waals surface area contributed by atoms with Gasteiger partial charge in [0.1, 0.15) is 4.70 Å². The van der Waals surface area contributed by atoms with Gasteiger partial charge < -0.3 is 5.32 Å². The van der Waals surface area contributed by atoms with Crippen LogP contribution in [-0.4, -0.2) is 21.2 Å². The topological polar surface area (TPSA) is 64.0 Å². The Hall–Kier alpha value is -1.83. The number of benzene rings is 1. The summed E-state index contributed by atoms with van der Waals surface area (Å²) < 4.78 is 2.12. The number of carbonyl (C=O) groups is 1. The van der Waals surface area contributed by atoms with E-state index in [-0.39, 0.29) is 23.3 Å². The number of fused-ring (bicyclic) bond motifs is 1. The van der Waals surface area contributed by atoms with Crippen molar-refractivity contribution in [2.75, 3.05) is 5.75 Å². The highest BCUT2D eigenvalue weighted by Crippen LogP contribution is 2.21. The van der Waals surface area contributed by atoms with E-state index in [0.29, 0.717) is 20.4 Å². The molecule has 130 valence electrons. The summed E-state index contributed by atoms with van der Waals surface area (Å²) in [7, 11) is 1.67. The van der Waals surface area contributed by atoms with Gasteiger partial charge in [-0.2, -0.15) is 0 Å². The maximum absolute atomic E-state index is 12.3. The average molecular weight is 394 g/mol. The molecule has 25 heavy (non-hydrogen) atoms. The van der Waals surface area contributed by atoms with Crippen LogP contribution < -0.4 is 10.9 Å². The van der Waals surface area contributed by atoms with E-state index in [1.807, 2.05) is 30.5 Å². The fourth-order valence-corrected chi connectivity index (χ4v) is 4.06. The van der Waals surface area contributed by atoms with E-state index in [9.17, 15) is 9.59 Å². The standard InChI is InChI=1S/C17H16ClN3O2S2/c1-10(11-3-5-12(18)6-4-11)19-14(22)9-25-17-20-13-7-8-24-15(13)16(23)21(17)2/h3-8,10H,9H2,1-2H3,(H,19,22). The van der Waals surface area contributed by atoms with E-state index in [4.69, 9.17) is 11.6 Å². The molecule has 0 radical (unpaired) electrons. The molecule has 0 saturated carbocycles. The molecule has 2 aromatic heterocycles. The first-order chi connectivity index (χ1) is 12.0. The van der Waals surface area contributed by atoms with E-state index in [2.05, 4.69) is 10.3 Å². The predicted molar refractivity (Wildman–Crippen MR) is 104 cm³/mol. The van der Waals surface area contributed by atoms with Crippen LogP contribution in [0.1, 0.15) is 18.5 Å². The van der Waals surface area contributed by atoms with Gasteiger partial charge in [0, 0.05) is 12.1 Å². The number of amides is 1. The lowest BCUT2D eigenvalue weighted by atomic mass is 10.1. The summed E-state index contributed by atoms with van der Waals surface area (Å²) in [4.78, 5) is 28.9. The van der Waals surface area contributed by atoms with Crippen LogP contribution in [0.25, 0.3) is 10.2 Å². The zero-order chi connectivity index (χ0) is 18.0. The number of nitrogens with zero attached hydrogens (tertiary/aromatic N) is 2. The zero-order valence-corrected chi connectivity index (χ0v) is 16.0. The highest BCUT2D eigenvalue weighted by molar-refractivity contribution is 7.99. The summed E-state index contributed by atoms with van der Waals surface area (Å²) in [6, 6.07) is 9.05. The molecule has 1 atom stereocenters. The second-order valence-corrected chi connectivity index (χ2v) is 7.82. The largest absolute Gasteiger partial charge is 0.349 e. The number of aromatic nitrogens is 2. The lowest BCUT2D eigenvalue weighted by Gasteiger charge is -2.14. The molecule has 1 amide bonds. The van der Waals surface area contributed by atoms with Crippen molar-refractivity contribution in [1.29, 1.82) is 0 Å². The van der Waals surface area contributed by atoms with Crippen LogP contribution >= 0.6 is 34.7 Å². The maximum Gasteiger partial charge on any atom is 0.271 e. The molecule has 8 heteroatoms. The molecule has 1 aromatic carbocycles. The Kier molecular flexibility index (Phi) is 5.46. The van der Waals surface area contributed by atoms with Gasteiger partial charge in [-0.3, -0.25) is 14.2 Å². The van der Waals surface area contributed by atoms with Crippen LogP contribution in [0.2, 0.25) is 5.02 Å². The number of carbonyl (C=O) groups excluding carboxylic acids is 1. The summed E-state index contributed by atoms with van der Waals surface area (Å²) in [5.74, 6) is 0.0699. The number of halogens is 1. The Labute approximate surface area is 158 Å². The Balaban J connectivity index is 1.65. The first-order valence-electron chi connectivity index (χ1n) is 7.57. The quantitative estimate of drug-likeness (QED) is 0.531. The molecule has 0 spiro atoms. The Morgan fingerprint density at radius 2 is 2.08 bits per heavy atom. The molecule has 5 nitrogen and oxygen atoms in total. The summed E-state index contributed by atoms with van der Waals surface area (Å²) in [6.45, 7) is 1.91. The van der Waals surface area contributed by atoms with Crippen molar-refractivity contribution in [3.05, 3.63) is 56.7 Å². The molecule has 0 saturated heterocycles. The molecule has 0 bridgehead atoms. The normalized spacial score (nSPS) is 12.3. The number of hydrogen-bond acceptors (Lipinski definition) is 5. The minimum absolute atomic E-state index is 0.0857. The summed E-state index contributed by atoms with van der Waals surface area (Å²) >= 11 is 8.50. The van der Waals surface area contributed by atoms with Crippen LogP contribution in [0.5, 0.6) is 0 Å². The van der Waals surface area contributed by atoms with E-state index in [1.165, 1.54) is 27.7 Å². The van der Waals surface area contributed by atoms with E-state index >= 15 is 0 Å². The minimum Gasteiger partial charge on any atom is -0.349 e. The van der Waals surface area contributed by atoms with Gasteiger partial charge in [-0.1, -0.05) is 35.5 Å². The maximum atomic E-state index is 12.3. The Bertz CT molecular complexity index is 966. The summed E-state index contributed by atoms with van der Waals surface area (Å²) in [5.41, 5.74) is 1.57. The SMILES string of the molecule is CC(NC(=O)CSc1nc2ccsc2c(=O)n1C)c1ccc(Cl)cc1. The third-order valence-corrected chi connectivity index (χ3v) is 5.90. The van der Waals surface area contributed by atoms with Gasteiger partial charge in [-0.15, -0.1) is 11.3 Å². The van der Waals surface area contributed by atoms with Crippen LogP contribution in [0.15, 0.2) is 45.7 Å². The van der Waals surface area contributed by atoms with Gasteiger partial charge in [0.05, 0.1) is 17.3 Å². The van der Waals surface area contributed by atoms with Crippen molar-refractivity contribution < 1.29 is 4.79 Å². The molecule has 0 aliphatic heterocycles. The monoisotopic (exact) mass is 393 g/mol. The average Bonchev–Trinajstić information content (AvgIpc) is 3.06. The second kappa shape index (κ2) is 7.59. The molecule has 0 aliphatic rings. The van der Waals surface area contributed by atoms with Gasteiger partial charge in [-0.25, -0.2) is 4.98 Å². The molecule has 1 unspecified atom stereocenters. The van der Waals surface area contributed by atoms with Gasteiger partial charge in [-0.05, 0) is 36.1 Å². The summed E-state index contributed by atoms with van der Waals surface area (Å²) in [5, 5.41) is 5.97. The van der Waals surface area contributed by atoms with Crippen molar-refractivity contribution in [2.45, 2.75) is 18.1 Å². The van der Waals surface area contributed by atoms with Crippen molar-refractivity contribution in [2.24, 2.45) is 7.05 Å². The number of thioether (sulfide) groups is 1. The third-order valence-electron chi connectivity index (χ3n) is 3.73. The van der Waals surface area contributed by atoms with Crippen LogP contribution in [0, 0.1) is 0 Å². The number of nitrogens with one attached hydrogen (secondary N) is 1. The summed E-state index contributed by atoms with van der Waals surface area (Å²) in [6.07, 6.45) is 0. The number of thiophene rings is 1. The first-order valence-corrected chi connectivity index (χ1v) is 9.82. The van der Waals surface area contributed by atoms with E-state index in [1.54, 1.807) is 19.2 Å². The van der Waals surface area contributed by atoms with Crippen molar-refractivity contribution in [3.63, 3.8) is 0 Å². The van der Waals surface area contributed by atoms with E-state index in [0.717, 1.165) is 5.56 Å². The second-order valence-electron chi connectivity index (χ2n) is 5.52. The van der Waals surface area contributed by atoms with Crippen LogP contribution in [0.4, 0.5) is 0 Å². The Morgan fingerprint density at radius 3 is 2.80 bits per heavy atom. The highest BCUT2D eigenvalue weighted by atomic mass is 35.5. The zero-order valence-electron chi connectivity index (χ0n) is 13.7. The fraction of sp³-hybridized carbons (Fsp3) is 0.235. The molecule has 3 aromatic rings. The predicted octanol–water partition coefficient (Wildman–Crippen LogP) is 3.62. The van der Waals surface area contributed by atoms with Crippen LogP contribution in [0.3, 0.4) is 0 Å². The Morgan fingerprint density at radius 1 is 1.36 bits per heavy atom. The third kappa shape index (κ3) is 4.05. The van der Waals surface area contributed by atoms with Crippen molar-refractivity contribution in [3.8, 4) is 0 Å². The molecule has 2 heterocycles. The minimum atomic E-state index is -0.124. The van der Waals surface area contributed by atoms with Gasteiger partial charge in [0.15, 0.2) is 5.16 Å². The molecule has 1 N–H and O–H groups in total. The number of hydrogen-bond donors (Lipinski definition) is 1. The number of rotatable bonds is 5. The molecular formula is C17H16ClN3O2S2. The highest BCUT2D eigenvalue weighted by Gasteiger charge is 2.13. The molecule has 0 aliphatic carbocycles. The lowest BCUT2D eigenvalue weighted by molar-refractivity contribution is -0.119.